The molecule has 1 aromatic carbocycles. The minimum atomic E-state index is -0.250. The lowest BCUT2D eigenvalue weighted by atomic mass is 10.1. The molecule has 2 aliphatic rings. The maximum atomic E-state index is 11.2. The highest BCUT2D eigenvalue weighted by atomic mass is 32.2. The van der Waals surface area contributed by atoms with Gasteiger partial charge in [0.15, 0.2) is 5.82 Å². The van der Waals surface area contributed by atoms with Crippen LogP contribution in [-0.4, -0.2) is 33.3 Å². The van der Waals surface area contributed by atoms with Crippen molar-refractivity contribution >= 4 is 29.4 Å². The molecule has 144 valence electrons. The highest BCUT2D eigenvalue weighted by Gasteiger charge is 2.35. The Bertz CT molecular complexity index is 972. The van der Waals surface area contributed by atoms with Gasteiger partial charge in [-0.3, -0.25) is 4.79 Å². The highest BCUT2D eigenvalue weighted by molar-refractivity contribution is 8.04. The van der Waals surface area contributed by atoms with E-state index in [0.29, 0.717) is 19.6 Å². The maximum Gasteiger partial charge on any atom is 0.302 e. The smallest absolute Gasteiger partial charge is 0.302 e. The molecule has 0 bridgehead atoms. The molecule has 1 unspecified atom stereocenters. The van der Waals surface area contributed by atoms with Gasteiger partial charge in [0.1, 0.15) is 11.7 Å². The third-order valence-corrected chi connectivity index (χ3v) is 6.33. The number of carbonyl (C=O) groups is 1. The van der Waals surface area contributed by atoms with Gasteiger partial charge in [0, 0.05) is 35.7 Å². The van der Waals surface area contributed by atoms with Gasteiger partial charge in [-0.1, -0.05) is 30.3 Å². The van der Waals surface area contributed by atoms with Gasteiger partial charge in [-0.2, -0.15) is 0 Å². The summed E-state index contributed by atoms with van der Waals surface area (Å²) in [6, 6.07) is 10.4. The largest absolute Gasteiger partial charge is 0.466 e. The van der Waals surface area contributed by atoms with Crippen LogP contribution in [-0.2, 0) is 16.1 Å². The Labute approximate surface area is 168 Å². The summed E-state index contributed by atoms with van der Waals surface area (Å²) in [4.78, 5) is 28.4. The standard InChI is InChI=1S/C21H22N4O2S/c1-13-18(9-10-27-15(3)26)28-19(16-7-5-4-6-8-16)21-24-20-17(12-25(13)21)11-22-14(2)23-20/h4-8,11,19H,9-10,12H2,1-3H3. The Balaban J connectivity index is 1.74. The summed E-state index contributed by atoms with van der Waals surface area (Å²) in [5.74, 6) is 2.23. The van der Waals surface area contributed by atoms with E-state index in [0.717, 1.165) is 28.7 Å². The summed E-state index contributed by atoms with van der Waals surface area (Å²) >= 11 is 1.78. The predicted octanol–water partition coefficient (Wildman–Crippen LogP) is 4.30. The van der Waals surface area contributed by atoms with Gasteiger partial charge in [0.25, 0.3) is 0 Å². The van der Waals surface area contributed by atoms with Crippen molar-refractivity contribution in [2.24, 2.45) is 4.99 Å². The Kier molecular flexibility index (Phi) is 5.17. The number of allylic oxidation sites excluding steroid dienone is 1. The van der Waals surface area contributed by atoms with E-state index >= 15 is 0 Å². The van der Waals surface area contributed by atoms with Gasteiger partial charge in [0.2, 0.25) is 0 Å². The zero-order valence-corrected chi connectivity index (χ0v) is 17.0. The Morgan fingerprint density at radius 3 is 2.82 bits per heavy atom. The van der Waals surface area contributed by atoms with E-state index in [1.165, 1.54) is 17.4 Å². The molecular formula is C21H22N4O2S. The number of benzene rings is 1. The Hall–Kier alpha value is -2.67. The zero-order valence-electron chi connectivity index (χ0n) is 16.2. The highest BCUT2D eigenvalue weighted by Crippen LogP contribution is 2.47. The van der Waals surface area contributed by atoms with Crippen LogP contribution in [0.3, 0.4) is 0 Å². The number of thioether (sulfide) groups is 1. The summed E-state index contributed by atoms with van der Waals surface area (Å²) in [5.41, 5.74) is 3.36. The van der Waals surface area contributed by atoms with Crippen molar-refractivity contribution in [3.8, 4) is 0 Å². The number of aryl methyl sites for hydroxylation is 1. The topological polar surface area (TPSA) is 67.7 Å². The van der Waals surface area contributed by atoms with Crippen molar-refractivity contribution in [1.29, 1.82) is 0 Å². The summed E-state index contributed by atoms with van der Waals surface area (Å²) in [5, 5.41) is 0.0700. The van der Waals surface area contributed by atoms with E-state index < -0.39 is 0 Å². The molecular weight excluding hydrogens is 372 g/mol. The molecule has 0 amide bonds. The van der Waals surface area contributed by atoms with E-state index in [1.807, 2.05) is 31.3 Å². The van der Waals surface area contributed by atoms with Gasteiger partial charge < -0.3 is 9.64 Å². The molecule has 4 rings (SSSR count). The average Bonchev–Trinajstić information content (AvgIpc) is 2.69. The predicted molar refractivity (Wildman–Crippen MR) is 110 cm³/mol. The third-order valence-electron chi connectivity index (χ3n) is 4.83. The second kappa shape index (κ2) is 7.75. The molecule has 7 heteroatoms. The molecule has 6 nitrogen and oxygen atoms in total. The van der Waals surface area contributed by atoms with Crippen molar-refractivity contribution in [2.45, 2.75) is 39.0 Å². The molecule has 0 saturated heterocycles. The first-order valence-corrected chi connectivity index (χ1v) is 10.1. The molecule has 1 aromatic heterocycles. The summed E-state index contributed by atoms with van der Waals surface area (Å²) in [6.07, 6.45) is 2.56. The maximum absolute atomic E-state index is 11.2. The Morgan fingerprint density at radius 2 is 2.07 bits per heavy atom. The van der Waals surface area contributed by atoms with Crippen molar-refractivity contribution < 1.29 is 9.53 Å². The summed E-state index contributed by atoms with van der Waals surface area (Å²) in [6.45, 7) is 6.51. The number of carbonyl (C=O) groups excluding carboxylic acids is 1. The van der Waals surface area contributed by atoms with Crippen LogP contribution in [0.5, 0.6) is 0 Å². The molecule has 2 aromatic rings. The molecule has 2 aliphatic heterocycles. The number of hydrogen-bond acceptors (Lipinski definition) is 7. The molecule has 0 aliphatic carbocycles. The number of ether oxygens (including phenoxy) is 1. The van der Waals surface area contributed by atoms with E-state index in [9.17, 15) is 4.79 Å². The van der Waals surface area contributed by atoms with Crippen molar-refractivity contribution in [2.75, 3.05) is 6.61 Å². The molecule has 28 heavy (non-hydrogen) atoms. The van der Waals surface area contributed by atoms with Crippen LogP contribution >= 0.6 is 11.8 Å². The fourth-order valence-electron chi connectivity index (χ4n) is 3.41. The van der Waals surface area contributed by atoms with E-state index in [2.05, 4.69) is 33.9 Å². The zero-order chi connectivity index (χ0) is 19.7. The second-order valence-electron chi connectivity index (χ2n) is 6.83. The normalized spacial score (nSPS) is 18.3. The number of hydrogen-bond donors (Lipinski definition) is 0. The number of nitrogens with zero attached hydrogens (tertiary/aromatic N) is 4. The van der Waals surface area contributed by atoms with Gasteiger partial charge >= 0.3 is 5.97 Å². The summed E-state index contributed by atoms with van der Waals surface area (Å²) in [7, 11) is 0. The van der Waals surface area contributed by atoms with Crippen LogP contribution in [0.15, 0.2) is 52.1 Å². The minimum Gasteiger partial charge on any atom is -0.466 e. The molecule has 3 heterocycles. The molecule has 0 fully saturated rings. The van der Waals surface area contributed by atoms with Crippen LogP contribution in [0.4, 0.5) is 5.82 Å². The quantitative estimate of drug-likeness (QED) is 0.720. The number of esters is 1. The number of aromatic nitrogens is 2. The van der Waals surface area contributed by atoms with Gasteiger partial charge in [0.05, 0.1) is 18.4 Å². The molecule has 0 radical (unpaired) electrons. The number of rotatable bonds is 4. The first-order chi connectivity index (χ1) is 13.5. The molecule has 0 N–H and O–H groups in total. The summed E-state index contributed by atoms with van der Waals surface area (Å²) < 4.78 is 5.18. The minimum absolute atomic E-state index is 0.0700. The first kappa shape index (κ1) is 18.7. The number of aliphatic imine (C=N–C) groups is 1. The second-order valence-corrected chi connectivity index (χ2v) is 8.03. The van der Waals surface area contributed by atoms with Gasteiger partial charge in [-0.15, -0.1) is 11.8 Å². The Morgan fingerprint density at radius 1 is 1.29 bits per heavy atom. The molecule has 1 atom stereocenters. The van der Waals surface area contributed by atoms with Crippen LogP contribution < -0.4 is 0 Å². The van der Waals surface area contributed by atoms with Gasteiger partial charge in [-0.05, 0) is 19.4 Å². The fraction of sp³-hybridized carbons (Fsp3) is 0.333. The lowest BCUT2D eigenvalue weighted by Gasteiger charge is -2.40. The lowest BCUT2D eigenvalue weighted by molar-refractivity contribution is -0.140. The van der Waals surface area contributed by atoms with Crippen LogP contribution in [0.1, 0.15) is 42.5 Å². The van der Waals surface area contributed by atoms with E-state index in [1.54, 1.807) is 11.8 Å². The monoisotopic (exact) mass is 394 g/mol. The third kappa shape index (κ3) is 3.67. The lowest BCUT2D eigenvalue weighted by Crippen LogP contribution is -2.38. The van der Waals surface area contributed by atoms with Crippen molar-refractivity contribution in [1.82, 2.24) is 14.9 Å². The van der Waals surface area contributed by atoms with Crippen LogP contribution in [0, 0.1) is 6.92 Å². The first-order valence-electron chi connectivity index (χ1n) is 9.26. The molecule has 0 spiro atoms. The van der Waals surface area contributed by atoms with Crippen molar-refractivity contribution in [3.63, 3.8) is 0 Å². The van der Waals surface area contributed by atoms with E-state index in [-0.39, 0.29) is 11.2 Å². The SMILES string of the molecule is CC(=O)OCCC1=C(C)N2Cc3cnc(C)nc3N=C2C(c2ccccc2)S1. The fourth-order valence-corrected chi connectivity index (χ4v) is 4.75. The molecule has 0 saturated carbocycles. The van der Waals surface area contributed by atoms with E-state index in [4.69, 9.17) is 9.73 Å². The van der Waals surface area contributed by atoms with Crippen LogP contribution in [0.25, 0.3) is 0 Å². The number of amidine groups is 1. The number of fused-ring (bicyclic) bond motifs is 2. The van der Waals surface area contributed by atoms with Gasteiger partial charge in [-0.25, -0.2) is 15.0 Å². The van der Waals surface area contributed by atoms with Crippen molar-refractivity contribution in [3.05, 3.63) is 64.1 Å². The average molecular weight is 395 g/mol. The van der Waals surface area contributed by atoms with Crippen LogP contribution in [0.2, 0.25) is 0 Å².